The van der Waals surface area contributed by atoms with Gasteiger partial charge in [0.1, 0.15) is 0 Å². The van der Waals surface area contributed by atoms with E-state index in [1.807, 2.05) is 18.2 Å². The van der Waals surface area contributed by atoms with Gasteiger partial charge in [0, 0.05) is 31.2 Å². The highest BCUT2D eigenvalue weighted by atomic mass is 15.4. The van der Waals surface area contributed by atoms with Gasteiger partial charge in [0.15, 0.2) is 5.82 Å². The van der Waals surface area contributed by atoms with Crippen LogP contribution in [0, 0.1) is 11.3 Å². The summed E-state index contributed by atoms with van der Waals surface area (Å²) in [5, 5.41) is 19.6. The van der Waals surface area contributed by atoms with Crippen molar-refractivity contribution >= 4 is 5.95 Å². The molecule has 6 heteroatoms. The Hall–Kier alpha value is -2.39. The first kappa shape index (κ1) is 12.6. The topological polar surface area (TPSA) is 80.6 Å². The summed E-state index contributed by atoms with van der Waals surface area (Å²) in [7, 11) is 0. The Morgan fingerprint density at radius 1 is 1.45 bits per heavy atom. The summed E-state index contributed by atoms with van der Waals surface area (Å²) >= 11 is 0. The molecule has 0 spiro atoms. The number of aromatic nitrogens is 3. The van der Waals surface area contributed by atoms with Gasteiger partial charge in [-0.05, 0) is 19.1 Å². The molecule has 3 rings (SSSR count). The lowest BCUT2D eigenvalue weighted by Crippen LogP contribution is -2.49. The van der Waals surface area contributed by atoms with Crippen molar-refractivity contribution in [3.63, 3.8) is 0 Å². The molecule has 1 fully saturated rings. The van der Waals surface area contributed by atoms with Crippen LogP contribution < -0.4 is 10.2 Å². The predicted molar refractivity (Wildman–Crippen MR) is 76.2 cm³/mol. The molecule has 6 nitrogen and oxygen atoms in total. The third-order valence-corrected chi connectivity index (χ3v) is 3.39. The lowest BCUT2D eigenvalue weighted by atomic mass is 10.1. The Balaban J connectivity index is 1.84. The monoisotopic (exact) mass is 268 g/mol. The average Bonchev–Trinajstić information content (AvgIpc) is 2.97. The highest BCUT2D eigenvalue weighted by Crippen LogP contribution is 2.19. The molecular weight excluding hydrogens is 252 g/mol. The van der Waals surface area contributed by atoms with Crippen molar-refractivity contribution in [2.45, 2.75) is 13.0 Å². The van der Waals surface area contributed by atoms with Crippen LogP contribution in [0.15, 0.2) is 24.3 Å². The summed E-state index contributed by atoms with van der Waals surface area (Å²) in [6.45, 7) is 4.89. The fraction of sp³-hybridized carbons (Fsp3) is 0.357. The van der Waals surface area contributed by atoms with Gasteiger partial charge in [-0.15, -0.1) is 5.10 Å². The van der Waals surface area contributed by atoms with Crippen LogP contribution in [0.1, 0.15) is 12.5 Å². The molecule has 2 heterocycles. The van der Waals surface area contributed by atoms with E-state index in [9.17, 15) is 0 Å². The number of rotatable bonds is 2. The zero-order valence-electron chi connectivity index (χ0n) is 11.3. The molecule has 1 aliphatic heterocycles. The van der Waals surface area contributed by atoms with E-state index in [1.54, 1.807) is 6.07 Å². The SMILES string of the molecule is C[C@H]1CN(c2n[nH]c(-c3cccc(C#N)c3)n2)CCN1. The molecule has 0 amide bonds. The van der Waals surface area contributed by atoms with Crippen LogP contribution in [0.3, 0.4) is 0 Å². The van der Waals surface area contributed by atoms with E-state index in [4.69, 9.17) is 5.26 Å². The predicted octanol–water partition coefficient (Wildman–Crippen LogP) is 1.14. The molecule has 1 aromatic carbocycles. The highest BCUT2D eigenvalue weighted by molar-refractivity contribution is 5.59. The largest absolute Gasteiger partial charge is 0.337 e. The number of anilines is 1. The minimum absolute atomic E-state index is 0.438. The van der Waals surface area contributed by atoms with Gasteiger partial charge in [-0.25, -0.2) is 0 Å². The highest BCUT2D eigenvalue weighted by Gasteiger charge is 2.19. The molecule has 0 bridgehead atoms. The van der Waals surface area contributed by atoms with Crippen LogP contribution in [-0.2, 0) is 0 Å². The molecule has 0 saturated carbocycles. The van der Waals surface area contributed by atoms with Crippen molar-refractivity contribution in [1.82, 2.24) is 20.5 Å². The number of aromatic amines is 1. The molecule has 1 atom stereocenters. The first-order valence-electron chi connectivity index (χ1n) is 6.67. The summed E-state index contributed by atoms with van der Waals surface area (Å²) in [4.78, 5) is 6.70. The zero-order chi connectivity index (χ0) is 13.9. The van der Waals surface area contributed by atoms with Crippen LogP contribution in [0.2, 0.25) is 0 Å². The van der Waals surface area contributed by atoms with Crippen molar-refractivity contribution in [1.29, 1.82) is 5.26 Å². The van der Waals surface area contributed by atoms with Gasteiger partial charge in [-0.2, -0.15) is 10.2 Å². The van der Waals surface area contributed by atoms with E-state index in [0.29, 0.717) is 17.4 Å². The standard InChI is InChI=1S/C14H16N6/c1-10-9-20(6-5-16-10)14-17-13(18-19-14)12-4-2-3-11(7-12)8-15/h2-4,7,10,16H,5-6,9H2,1H3,(H,17,18,19)/t10-/m0/s1. The van der Waals surface area contributed by atoms with E-state index in [2.05, 4.69) is 38.4 Å². The van der Waals surface area contributed by atoms with E-state index in [0.717, 1.165) is 31.1 Å². The van der Waals surface area contributed by atoms with Crippen LogP contribution in [0.5, 0.6) is 0 Å². The van der Waals surface area contributed by atoms with Crippen molar-refractivity contribution in [3.05, 3.63) is 29.8 Å². The molecule has 102 valence electrons. The second-order valence-corrected chi connectivity index (χ2v) is 4.98. The van der Waals surface area contributed by atoms with Crippen LogP contribution in [0.25, 0.3) is 11.4 Å². The Labute approximate surface area is 117 Å². The molecular formula is C14H16N6. The minimum Gasteiger partial charge on any atom is -0.337 e. The quantitative estimate of drug-likeness (QED) is 0.853. The average molecular weight is 268 g/mol. The van der Waals surface area contributed by atoms with Gasteiger partial charge in [0.25, 0.3) is 0 Å². The van der Waals surface area contributed by atoms with Gasteiger partial charge in [0.05, 0.1) is 11.6 Å². The summed E-state index contributed by atoms with van der Waals surface area (Å²) in [5.41, 5.74) is 1.50. The number of hydrogen-bond acceptors (Lipinski definition) is 5. The van der Waals surface area contributed by atoms with E-state index in [1.165, 1.54) is 0 Å². The molecule has 2 aromatic rings. The summed E-state index contributed by atoms with van der Waals surface area (Å²) in [6, 6.07) is 9.93. The molecule has 20 heavy (non-hydrogen) atoms. The van der Waals surface area contributed by atoms with Gasteiger partial charge in [0.2, 0.25) is 5.95 Å². The van der Waals surface area contributed by atoms with Crippen LogP contribution in [0.4, 0.5) is 5.95 Å². The Kier molecular flexibility index (Phi) is 3.35. The number of piperazine rings is 1. The van der Waals surface area contributed by atoms with Gasteiger partial charge in [-0.3, -0.25) is 5.10 Å². The second-order valence-electron chi connectivity index (χ2n) is 4.98. The first-order chi connectivity index (χ1) is 9.76. The maximum atomic E-state index is 8.94. The lowest BCUT2D eigenvalue weighted by molar-refractivity contribution is 0.480. The summed E-state index contributed by atoms with van der Waals surface area (Å²) < 4.78 is 0. The lowest BCUT2D eigenvalue weighted by Gasteiger charge is -2.30. The molecule has 0 radical (unpaired) electrons. The normalized spacial score (nSPS) is 18.8. The Bertz CT molecular complexity index is 641. The number of nitrogens with one attached hydrogen (secondary N) is 2. The third kappa shape index (κ3) is 2.49. The smallest absolute Gasteiger partial charge is 0.245 e. The van der Waals surface area contributed by atoms with Gasteiger partial charge < -0.3 is 10.2 Å². The fourth-order valence-electron chi connectivity index (χ4n) is 2.37. The molecule has 0 unspecified atom stereocenters. The first-order valence-corrected chi connectivity index (χ1v) is 6.67. The van der Waals surface area contributed by atoms with E-state index >= 15 is 0 Å². The van der Waals surface area contributed by atoms with Crippen molar-refractivity contribution < 1.29 is 0 Å². The number of nitrogens with zero attached hydrogens (tertiary/aromatic N) is 4. The Morgan fingerprint density at radius 2 is 2.35 bits per heavy atom. The molecule has 1 aliphatic rings. The van der Waals surface area contributed by atoms with Gasteiger partial charge >= 0.3 is 0 Å². The van der Waals surface area contributed by atoms with E-state index < -0.39 is 0 Å². The van der Waals surface area contributed by atoms with Crippen LogP contribution >= 0.6 is 0 Å². The molecule has 2 N–H and O–H groups in total. The van der Waals surface area contributed by atoms with Crippen LogP contribution in [-0.4, -0.2) is 40.9 Å². The molecule has 1 aromatic heterocycles. The number of nitriles is 1. The summed E-state index contributed by atoms with van der Waals surface area (Å²) in [5.74, 6) is 1.42. The third-order valence-electron chi connectivity index (χ3n) is 3.39. The zero-order valence-corrected chi connectivity index (χ0v) is 11.3. The Morgan fingerprint density at radius 3 is 3.15 bits per heavy atom. The molecule has 1 saturated heterocycles. The maximum Gasteiger partial charge on any atom is 0.245 e. The van der Waals surface area contributed by atoms with Crippen molar-refractivity contribution in [3.8, 4) is 17.5 Å². The van der Waals surface area contributed by atoms with Gasteiger partial charge in [-0.1, -0.05) is 12.1 Å². The fourth-order valence-corrected chi connectivity index (χ4v) is 2.37. The van der Waals surface area contributed by atoms with E-state index in [-0.39, 0.29) is 0 Å². The maximum absolute atomic E-state index is 8.94. The number of hydrogen-bond donors (Lipinski definition) is 2. The minimum atomic E-state index is 0.438. The molecule has 0 aliphatic carbocycles. The van der Waals surface area contributed by atoms with Crippen molar-refractivity contribution in [2.75, 3.05) is 24.5 Å². The number of H-pyrrole nitrogens is 1. The number of benzene rings is 1. The summed E-state index contributed by atoms with van der Waals surface area (Å²) in [6.07, 6.45) is 0. The second kappa shape index (κ2) is 5.31. The van der Waals surface area contributed by atoms with Crippen molar-refractivity contribution in [2.24, 2.45) is 0 Å².